The second-order valence-corrected chi connectivity index (χ2v) is 4.27. The van der Waals surface area contributed by atoms with Crippen LogP contribution in [0.3, 0.4) is 0 Å². The molecule has 0 amide bonds. The smallest absolute Gasteiger partial charge is 0.338 e. The molecule has 7 nitrogen and oxygen atoms in total. The maximum atomic E-state index is 10.9. The highest BCUT2D eigenvalue weighted by molar-refractivity contribution is 5.93. The summed E-state index contributed by atoms with van der Waals surface area (Å²) in [7, 11) is 0. The average Bonchev–Trinajstić information content (AvgIpc) is 2.80. The van der Waals surface area contributed by atoms with Crippen molar-refractivity contribution in [3.8, 4) is 11.6 Å². The van der Waals surface area contributed by atoms with Gasteiger partial charge < -0.3 is 15.6 Å². The summed E-state index contributed by atoms with van der Waals surface area (Å²) < 4.78 is 7.17. The minimum Gasteiger partial charge on any atom is -0.478 e. The number of hydrogen-bond acceptors (Lipinski definition) is 5. The van der Waals surface area contributed by atoms with E-state index in [2.05, 4.69) is 10.1 Å². The average molecular weight is 262 g/mol. The molecule has 0 fully saturated rings. The number of anilines is 1. The van der Waals surface area contributed by atoms with Gasteiger partial charge in [-0.25, -0.2) is 9.78 Å². The van der Waals surface area contributed by atoms with Crippen molar-refractivity contribution in [3.05, 3.63) is 30.2 Å². The van der Waals surface area contributed by atoms with Crippen LogP contribution in [0.25, 0.3) is 0 Å². The molecule has 0 aliphatic carbocycles. The van der Waals surface area contributed by atoms with Gasteiger partial charge in [0, 0.05) is 12.1 Å². The minimum atomic E-state index is -1.12. The molecule has 0 saturated carbocycles. The molecule has 2 rings (SSSR count). The third kappa shape index (κ3) is 2.82. The zero-order valence-electron chi connectivity index (χ0n) is 10.6. The number of rotatable bonds is 4. The third-order valence-electron chi connectivity index (χ3n) is 2.47. The normalized spacial score (nSPS) is 10.7. The van der Waals surface area contributed by atoms with Crippen molar-refractivity contribution in [3.63, 3.8) is 0 Å². The molecule has 100 valence electrons. The van der Waals surface area contributed by atoms with E-state index >= 15 is 0 Å². The van der Waals surface area contributed by atoms with Crippen LogP contribution in [0.1, 0.15) is 30.2 Å². The first-order chi connectivity index (χ1) is 8.97. The molecule has 0 unspecified atom stereocenters. The number of nitrogen functional groups attached to an aromatic ring is 1. The van der Waals surface area contributed by atoms with Crippen LogP contribution in [0, 0.1) is 0 Å². The Balaban J connectivity index is 2.23. The van der Waals surface area contributed by atoms with Gasteiger partial charge in [-0.2, -0.15) is 5.10 Å². The Hall–Kier alpha value is -2.57. The summed E-state index contributed by atoms with van der Waals surface area (Å²) in [5, 5.41) is 13.1. The summed E-state index contributed by atoms with van der Waals surface area (Å²) in [6, 6.07) is 1.50. The molecule has 2 aromatic rings. The highest BCUT2D eigenvalue weighted by atomic mass is 16.5. The molecule has 2 heterocycles. The van der Waals surface area contributed by atoms with Crippen LogP contribution in [0.5, 0.6) is 11.6 Å². The molecule has 0 aromatic carbocycles. The number of hydrogen-bond donors (Lipinski definition) is 2. The predicted molar refractivity (Wildman–Crippen MR) is 68.3 cm³/mol. The number of ether oxygens (including phenoxy) is 1. The highest BCUT2D eigenvalue weighted by Crippen LogP contribution is 2.23. The summed E-state index contributed by atoms with van der Waals surface area (Å²) in [6.07, 6.45) is 4.51. The van der Waals surface area contributed by atoms with E-state index in [1.165, 1.54) is 12.3 Å². The fourth-order valence-electron chi connectivity index (χ4n) is 1.46. The molecule has 7 heteroatoms. The van der Waals surface area contributed by atoms with Crippen molar-refractivity contribution < 1.29 is 14.6 Å². The maximum Gasteiger partial charge on any atom is 0.338 e. The summed E-state index contributed by atoms with van der Waals surface area (Å²) in [6.45, 7) is 3.97. The van der Waals surface area contributed by atoms with E-state index in [1.54, 1.807) is 17.1 Å². The number of nitrogens with zero attached hydrogens (tertiary/aromatic N) is 3. The molecule has 0 aliphatic rings. The summed E-state index contributed by atoms with van der Waals surface area (Å²) in [4.78, 5) is 14.9. The fraction of sp³-hybridized carbons (Fsp3) is 0.250. The van der Waals surface area contributed by atoms with Crippen LogP contribution in [-0.2, 0) is 0 Å². The Kier molecular flexibility index (Phi) is 3.37. The molecule has 0 saturated heterocycles. The van der Waals surface area contributed by atoms with Crippen LogP contribution < -0.4 is 10.5 Å². The molecule has 0 spiro atoms. The van der Waals surface area contributed by atoms with E-state index in [-0.39, 0.29) is 23.2 Å². The standard InChI is InChI=1S/C12H14N4O3/c1-7(2)16-6-8(4-15-16)19-11-3-9(12(17)18)10(13)5-14-11/h3-7H,13H2,1-2H3,(H,17,18). The number of pyridine rings is 1. The Bertz CT molecular complexity index is 607. The Morgan fingerprint density at radius 3 is 2.79 bits per heavy atom. The minimum absolute atomic E-state index is 0.0405. The SMILES string of the molecule is CC(C)n1cc(Oc2cc(C(=O)O)c(N)cn2)cn1. The highest BCUT2D eigenvalue weighted by Gasteiger charge is 2.11. The monoisotopic (exact) mass is 262 g/mol. The first-order valence-electron chi connectivity index (χ1n) is 5.68. The second-order valence-electron chi connectivity index (χ2n) is 4.27. The quantitative estimate of drug-likeness (QED) is 0.872. The van der Waals surface area contributed by atoms with Crippen LogP contribution in [0.4, 0.5) is 5.69 Å². The number of aromatic carboxylic acids is 1. The molecular weight excluding hydrogens is 248 g/mol. The van der Waals surface area contributed by atoms with Gasteiger partial charge in [0.05, 0.1) is 29.8 Å². The second kappa shape index (κ2) is 4.97. The zero-order chi connectivity index (χ0) is 14.0. The molecule has 2 aromatic heterocycles. The van der Waals surface area contributed by atoms with Crippen molar-refractivity contribution in [1.29, 1.82) is 0 Å². The lowest BCUT2D eigenvalue weighted by molar-refractivity contribution is 0.0697. The Morgan fingerprint density at radius 2 is 2.21 bits per heavy atom. The molecule has 0 radical (unpaired) electrons. The van der Waals surface area contributed by atoms with Crippen molar-refractivity contribution in [2.45, 2.75) is 19.9 Å². The van der Waals surface area contributed by atoms with Gasteiger partial charge in [-0.1, -0.05) is 0 Å². The summed E-state index contributed by atoms with van der Waals surface area (Å²) in [5.41, 5.74) is 5.57. The van der Waals surface area contributed by atoms with E-state index in [9.17, 15) is 4.79 Å². The van der Waals surface area contributed by atoms with Gasteiger partial charge in [0.1, 0.15) is 0 Å². The number of nitrogens with two attached hydrogens (primary N) is 1. The molecule has 0 bridgehead atoms. The number of carboxylic acids is 1. The van der Waals surface area contributed by atoms with Gasteiger partial charge in [0.2, 0.25) is 5.88 Å². The van der Waals surface area contributed by atoms with Gasteiger partial charge in [-0.3, -0.25) is 4.68 Å². The largest absolute Gasteiger partial charge is 0.478 e. The van der Waals surface area contributed by atoms with Crippen molar-refractivity contribution in [2.24, 2.45) is 0 Å². The Morgan fingerprint density at radius 1 is 1.47 bits per heavy atom. The van der Waals surface area contributed by atoms with Crippen LogP contribution in [0.2, 0.25) is 0 Å². The van der Waals surface area contributed by atoms with Crippen molar-refractivity contribution in [1.82, 2.24) is 14.8 Å². The van der Waals surface area contributed by atoms with E-state index in [0.717, 1.165) is 0 Å². The van der Waals surface area contributed by atoms with E-state index in [0.29, 0.717) is 5.75 Å². The van der Waals surface area contributed by atoms with Crippen LogP contribution in [-0.4, -0.2) is 25.8 Å². The fourth-order valence-corrected chi connectivity index (χ4v) is 1.46. The van der Waals surface area contributed by atoms with E-state index < -0.39 is 5.97 Å². The van der Waals surface area contributed by atoms with Gasteiger partial charge in [0.15, 0.2) is 5.75 Å². The van der Waals surface area contributed by atoms with Crippen molar-refractivity contribution in [2.75, 3.05) is 5.73 Å². The maximum absolute atomic E-state index is 10.9. The van der Waals surface area contributed by atoms with Gasteiger partial charge in [0.25, 0.3) is 0 Å². The lowest BCUT2D eigenvalue weighted by Gasteiger charge is -2.05. The van der Waals surface area contributed by atoms with E-state index in [1.807, 2.05) is 13.8 Å². The Labute approximate surface area is 109 Å². The first-order valence-corrected chi connectivity index (χ1v) is 5.68. The summed E-state index contributed by atoms with van der Waals surface area (Å²) in [5.74, 6) is -0.472. The van der Waals surface area contributed by atoms with Crippen molar-refractivity contribution >= 4 is 11.7 Å². The van der Waals surface area contributed by atoms with Crippen LogP contribution in [0.15, 0.2) is 24.7 Å². The molecule has 0 atom stereocenters. The third-order valence-corrected chi connectivity index (χ3v) is 2.47. The van der Waals surface area contributed by atoms with Gasteiger partial charge >= 0.3 is 5.97 Å². The van der Waals surface area contributed by atoms with Gasteiger partial charge in [-0.05, 0) is 13.8 Å². The number of aromatic nitrogens is 3. The lowest BCUT2D eigenvalue weighted by atomic mass is 10.2. The molecule has 19 heavy (non-hydrogen) atoms. The van der Waals surface area contributed by atoms with Crippen LogP contribution >= 0.6 is 0 Å². The first kappa shape index (κ1) is 12.9. The molecular formula is C12H14N4O3. The van der Waals surface area contributed by atoms with E-state index in [4.69, 9.17) is 15.6 Å². The lowest BCUT2D eigenvalue weighted by Crippen LogP contribution is -2.03. The topological polar surface area (TPSA) is 103 Å². The molecule has 0 aliphatic heterocycles. The van der Waals surface area contributed by atoms with Gasteiger partial charge in [-0.15, -0.1) is 0 Å². The molecule has 3 N–H and O–H groups in total. The predicted octanol–water partition coefficient (Wildman–Crippen LogP) is 1.93. The summed E-state index contributed by atoms with van der Waals surface area (Å²) >= 11 is 0. The zero-order valence-corrected chi connectivity index (χ0v) is 10.6. The number of carbonyl (C=O) groups is 1. The number of carboxylic acid groups (broad SMARTS) is 1.